The molecule has 0 bridgehead atoms. The second kappa shape index (κ2) is 6.27. The number of carbonyl (C=O) groups excluding carboxylic acids is 1. The topological polar surface area (TPSA) is 56.1 Å². The van der Waals surface area contributed by atoms with Crippen LogP contribution in [0.15, 0.2) is 12.5 Å². The molecule has 0 spiro atoms. The molecule has 90 valence electrons. The van der Waals surface area contributed by atoms with Crippen molar-refractivity contribution < 1.29 is 9.53 Å². The number of likely N-dealkylation sites (N-methyl/N-ethyl adjacent to an activating group) is 1. The minimum atomic E-state index is -0.424. The van der Waals surface area contributed by atoms with Crippen LogP contribution in [0.4, 0.5) is 0 Å². The van der Waals surface area contributed by atoms with E-state index in [4.69, 9.17) is 4.74 Å². The summed E-state index contributed by atoms with van der Waals surface area (Å²) in [5.74, 6) is -0.250. The van der Waals surface area contributed by atoms with Crippen molar-refractivity contribution in [3.8, 4) is 0 Å². The van der Waals surface area contributed by atoms with Gasteiger partial charge in [-0.3, -0.25) is 5.32 Å². The molecule has 0 saturated carbocycles. The molecule has 5 heteroatoms. The van der Waals surface area contributed by atoms with Crippen LogP contribution in [-0.2, 0) is 16.1 Å². The molecule has 1 N–H and O–H groups in total. The van der Waals surface area contributed by atoms with Gasteiger partial charge < -0.3 is 9.30 Å². The first-order chi connectivity index (χ1) is 7.74. The van der Waals surface area contributed by atoms with Gasteiger partial charge in [0.25, 0.3) is 0 Å². The Balaban J connectivity index is 2.88. The van der Waals surface area contributed by atoms with Gasteiger partial charge in [-0.1, -0.05) is 6.92 Å². The third kappa shape index (κ3) is 2.82. The summed E-state index contributed by atoms with van der Waals surface area (Å²) in [6, 6.07) is -0.424. The van der Waals surface area contributed by atoms with Crippen LogP contribution in [-0.4, -0.2) is 28.7 Å². The van der Waals surface area contributed by atoms with Crippen molar-refractivity contribution >= 4 is 5.97 Å². The van der Waals surface area contributed by atoms with E-state index in [1.54, 1.807) is 19.4 Å². The van der Waals surface area contributed by atoms with E-state index in [1.165, 1.54) is 0 Å². The molecule has 5 nitrogen and oxygen atoms in total. The number of ether oxygens (including phenoxy) is 1. The molecule has 0 aliphatic heterocycles. The summed E-state index contributed by atoms with van der Waals surface area (Å²) in [4.78, 5) is 15.8. The number of nitrogens with one attached hydrogen (secondary N) is 1. The van der Waals surface area contributed by atoms with Gasteiger partial charge in [0.2, 0.25) is 0 Å². The molecule has 0 saturated heterocycles. The number of nitrogens with zero attached hydrogens (tertiary/aromatic N) is 2. The fourth-order valence-corrected chi connectivity index (χ4v) is 1.57. The first-order valence-electron chi connectivity index (χ1n) is 5.64. The lowest BCUT2D eigenvalue weighted by Gasteiger charge is -2.17. The highest BCUT2D eigenvalue weighted by Crippen LogP contribution is 2.14. The van der Waals surface area contributed by atoms with Gasteiger partial charge in [-0.15, -0.1) is 0 Å². The summed E-state index contributed by atoms with van der Waals surface area (Å²) in [7, 11) is 0. The van der Waals surface area contributed by atoms with Gasteiger partial charge in [0.1, 0.15) is 6.04 Å². The van der Waals surface area contributed by atoms with E-state index in [1.807, 2.05) is 18.4 Å². The van der Waals surface area contributed by atoms with Crippen LogP contribution in [0, 0.1) is 0 Å². The number of aryl methyl sites for hydroxylation is 1. The molecule has 0 aliphatic carbocycles. The number of rotatable bonds is 6. The quantitative estimate of drug-likeness (QED) is 0.737. The van der Waals surface area contributed by atoms with Crippen molar-refractivity contribution in [2.45, 2.75) is 33.4 Å². The van der Waals surface area contributed by atoms with E-state index < -0.39 is 6.04 Å². The zero-order chi connectivity index (χ0) is 12.0. The van der Waals surface area contributed by atoms with Crippen molar-refractivity contribution in [3.05, 3.63) is 18.2 Å². The second-order valence-electron chi connectivity index (χ2n) is 3.35. The van der Waals surface area contributed by atoms with Gasteiger partial charge in [-0.2, -0.15) is 0 Å². The number of hydrogen-bond acceptors (Lipinski definition) is 4. The van der Waals surface area contributed by atoms with Crippen LogP contribution in [0.2, 0.25) is 0 Å². The Hall–Kier alpha value is -1.36. The third-order valence-electron chi connectivity index (χ3n) is 2.31. The first kappa shape index (κ1) is 12.7. The molecule has 1 heterocycles. The van der Waals surface area contributed by atoms with Gasteiger partial charge in [0, 0.05) is 6.54 Å². The fourth-order valence-electron chi connectivity index (χ4n) is 1.57. The molecule has 0 aliphatic rings. The Morgan fingerprint density at radius 1 is 1.56 bits per heavy atom. The maximum atomic E-state index is 11.8. The molecule has 0 radical (unpaired) electrons. The number of imidazole rings is 1. The molecule has 1 unspecified atom stereocenters. The van der Waals surface area contributed by atoms with Crippen molar-refractivity contribution in [3.63, 3.8) is 0 Å². The average molecular weight is 225 g/mol. The third-order valence-corrected chi connectivity index (χ3v) is 2.31. The van der Waals surface area contributed by atoms with Crippen molar-refractivity contribution in [1.29, 1.82) is 0 Å². The Bertz CT molecular complexity index is 336. The monoisotopic (exact) mass is 225 g/mol. The van der Waals surface area contributed by atoms with Gasteiger partial charge in [-0.05, 0) is 20.4 Å². The molecular weight excluding hydrogens is 206 g/mol. The van der Waals surface area contributed by atoms with Crippen LogP contribution in [0.3, 0.4) is 0 Å². The zero-order valence-corrected chi connectivity index (χ0v) is 10.1. The molecule has 1 rings (SSSR count). The lowest BCUT2D eigenvalue weighted by atomic mass is 10.2. The maximum Gasteiger partial charge on any atom is 0.329 e. The summed E-state index contributed by atoms with van der Waals surface area (Å²) < 4.78 is 6.97. The summed E-state index contributed by atoms with van der Waals surface area (Å²) in [6.45, 7) is 7.66. The SMILES string of the molecule is CCNC(C(=O)OCC)c1cncn1CC. The molecule has 0 fully saturated rings. The first-order valence-corrected chi connectivity index (χ1v) is 5.64. The number of esters is 1. The standard InChI is InChI=1S/C11H19N3O2/c1-4-13-10(11(15)16-6-3)9-7-12-8-14(9)5-2/h7-8,10,13H,4-6H2,1-3H3. The van der Waals surface area contributed by atoms with Gasteiger partial charge >= 0.3 is 5.97 Å². The summed E-state index contributed by atoms with van der Waals surface area (Å²) in [5.41, 5.74) is 0.850. The van der Waals surface area contributed by atoms with E-state index in [2.05, 4.69) is 10.3 Å². The molecule has 0 aromatic carbocycles. The predicted octanol–water partition coefficient (Wildman–Crippen LogP) is 1.12. The molecule has 16 heavy (non-hydrogen) atoms. The van der Waals surface area contributed by atoms with Crippen LogP contribution in [0.1, 0.15) is 32.5 Å². The average Bonchev–Trinajstić information content (AvgIpc) is 2.73. The predicted molar refractivity (Wildman–Crippen MR) is 61.0 cm³/mol. The van der Waals surface area contributed by atoms with Crippen molar-refractivity contribution in [2.75, 3.05) is 13.2 Å². The van der Waals surface area contributed by atoms with Crippen LogP contribution in [0.25, 0.3) is 0 Å². The normalized spacial score (nSPS) is 12.4. The van der Waals surface area contributed by atoms with E-state index in [0.717, 1.165) is 12.2 Å². The molecule has 1 atom stereocenters. The van der Waals surface area contributed by atoms with Crippen LogP contribution in [0.5, 0.6) is 0 Å². The van der Waals surface area contributed by atoms with E-state index >= 15 is 0 Å². The molecular formula is C11H19N3O2. The fraction of sp³-hybridized carbons (Fsp3) is 0.636. The second-order valence-corrected chi connectivity index (χ2v) is 3.35. The van der Waals surface area contributed by atoms with Gasteiger partial charge in [0.05, 0.1) is 24.8 Å². The molecule has 1 aromatic heterocycles. The summed E-state index contributed by atoms with van der Waals surface area (Å²) in [6.07, 6.45) is 3.42. The number of hydrogen-bond donors (Lipinski definition) is 1. The van der Waals surface area contributed by atoms with Crippen molar-refractivity contribution in [2.24, 2.45) is 0 Å². The van der Waals surface area contributed by atoms with Crippen LogP contribution < -0.4 is 5.32 Å². The number of carbonyl (C=O) groups is 1. The lowest BCUT2D eigenvalue weighted by molar-refractivity contribution is -0.146. The highest BCUT2D eigenvalue weighted by atomic mass is 16.5. The summed E-state index contributed by atoms with van der Waals surface area (Å²) >= 11 is 0. The smallest absolute Gasteiger partial charge is 0.329 e. The molecule has 1 aromatic rings. The number of aromatic nitrogens is 2. The van der Waals surface area contributed by atoms with E-state index in [0.29, 0.717) is 13.2 Å². The van der Waals surface area contributed by atoms with E-state index in [9.17, 15) is 4.79 Å². The van der Waals surface area contributed by atoms with E-state index in [-0.39, 0.29) is 5.97 Å². The molecule has 0 amide bonds. The minimum Gasteiger partial charge on any atom is -0.465 e. The minimum absolute atomic E-state index is 0.250. The highest BCUT2D eigenvalue weighted by molar-refractivity contribution is 5.77. The zero-order valence-electron chi connectivity index (χ0n) is 10.1. The van der Waals surface area contributed by atoms with Crippen LogP contribution >= 0.6 is 0 Å². The Labute approximate surface area is 95.8 Å². The summed E-state index contributed by atoms with van der Waals surface area (Å²) in [5, 5.41) is 3.11. The lowest BCUT2D eigenvalue weighted by Crippen LogP contribution is -2.31. The Morgan fingerprint density at radius 2 is 2.31 bits per heavy atom. The Kier molecular flexibility index (Phi) is 4.98. The van der Waals surface area contributed by atoms with Gasteiger partial charge in [0.15, 0.2) is 0 Å². The largest absolute Gasteiger partial charge is 0.465 e. The maximum absolute atomic E-state index is 11.8. The van der Waals surface area contributed by atoms with Gasteiger partial charge in [-0.25, -0.2) is 9.78 Å². The highest BCUT2D eigenvalue weighted by Gasteiger charge is 2.23. The Morgan fingerprint density at radius 3 is 2.88 bits per heavy atom. The van der Waals surface area contributed by atoms with Crippen molar-refractivity contribution in [1.82, 2.24) is 14.9 Å².